The standard InChI is InChI=1S/C14H18F2N2O/c1-2-13(19)18-8-6-17(7-9-18)10-11-4-3-5-12(15)14(11)16/h3-5H,2,6-10H2,1H3. The van der Waals surface area contributed by atoms with E-state index >= 15 is 0 Å². The maximum absolute atomic E-state index is 13.5. The molecule has 104 valence electrons. The van der Waals surface area contributed by atoms with Crippen LogP contribution < -0.4 is 0 Å². The van der Waals surface area contributed by atoms with Crippen LogP contribution in [0.25, 0.3) is 0 Å². The predicted molar refractivity (Wildman–Crippen MR) is 68.5 cm³/mol. The summed E-state index contributed by atoms with van der Waals surface area (Å²) in [6, 6.07) is 4.24. The Morgan fingerprint density at radius 2 is 1.89 bits per heavy atom. The van der Waals surface area contributed by atoms with Gasteiger partial charge in [0.05, 0.1) is 0 Å². The molecular formula is C14H18F2N2O. The maximum Gasteiger partial charge on any atom is 0.222 e. The van der Waals surface area contributed by atoms with Crippen LogP contribution in [0.15, 0.2) is 18.2 Å². The van der Waals surface area contributed by atoms with Crippen LogP contribution in [0.5, 0.6) is 0 Å². The molecule has 1 amide bonds. The molecule has 2 rings (SSSR count). The molecule has 1 heterocycles. The quantitative estimate of drug-likeness (QED) is 0.837. The predicted octanol–water partition coefficient (Wildman–Crippen LogP) is 2.02. The largest absolute Gasteiger partial charge is 0.340 e. The molecule has 0 atom stereocenters. The minimum absolute atomic E-state index is 0.150. The molecule has 1 aliphatic heterocycles. The van der Waals surface area contributed by atoms with Gasteiger partial charge in [-0.05, 0) is 6.07 Å². The molecule has 0 radical (unpaired) electrons. The van der Waals surface area contributed by atoms with Crippen molar-refractivity contribution in [3.05, 3.63) is 35.4 Å². The van der Waals surface area contributed by atoms with Gasteiger partial charge in [-0.2, -0.15) is 0 Å². The van der Waals surface area contributed by atoms with E-state index < -0.39 is 11.6 Å². The summed E-state index contributed by atoms with van der Waals surface area (Å²) >= 11 is 0. The lowest BCUT2D eigenvalue weighted by Gasteiger charge is -2.34. The van der Waals surface area contributed by atoms with Gasteiger partial charge < -0.3 is 4.90 Å². The first kappa shape index (κ1) is 13.9. The number of piperazine rings is 1. The number of hydrogen-bond donors (Lipinski definition) is 0. The monoisotopic (exact) mass is 268 g/mol. The zero-order valence-corrected chi connectivity index (χ0v) is 11.0. The smallest absolute Gasteiger partial charge is 0.222 e. The van der Waals surface area contributed by atoms with Crippen molar-refractivity contribution in [1.29, 1.82) is 0 Å². The fourth-order valence-electron chi connectivity index (χ4n) is 2.29. The summed E-state index contributed by atoms with van der Waals surface area (Å²) in [6.45, 7) is 4.94. The van der Waals surface area contributed by atoms with Gasteiger partial charge in [0, 0.05) is 44.7 Å². The Bertz CT molecular complexity index is 457. The van der Waals surface area contributed by atoms with E-state index in [1.54, 1.807) is 6.07 Å². The average molecular weight is 268 g/mol. The molecule has 0 N–H and O–H groups in total. The van der Waals surface area contributed by atoms with E-state index in [1.807, 2.05) is 16.7 Å². The summed E-state index contributed by atoms with van der Waals surface area (Å²) in [6.07, 6.45) is 0.512. The summed E-state index contributed by atoms with van der Waals surface area (Å²) in [4.78, 5) is 15.4. The van der Waals surface area contributed by atoms with E-state index in [2.05, 4.69) is 0 Å². The molecule has 1 aromatic carbocycles. The van der Waals surface area contributed by atoms with Crippen molar-refractivity contribution in [3.63, 3.8) is 0 Å². The Hall–Kier alpha value is -1.49. The van der Waals surface area contributed by atoms with Crippen LogP contribution in [0.2, 0.25) is 0 Å². The molecule has 1 aliphatic rings. The number of rotatable bonds is 3. The lowest BCUT2D eigenvalue weighted by molar-refractivity contribution is -0.132. The molecule has 5 heteroatoms. The highest BCUT2D eigenvalue weighted by atomic mass is 19.2. The SMILES string of the molecule is CCC(=O)N1CCN(Cc2cccc(F)c2F)CC1. The molecule has 0 unspecified atom stereocenters. The van der Waals surface area contributed by atoms with Gasteiger partial charge >= 0.3 is 0 Å². The summed E-state index contributed by atoms with van der Waals surface area (Å²) in [7, 11) is 0. The van der Waals surface area contributed by atoms with Crippen LogP contribution in [-0.4, -0.2) is 41.9 Å². The van der Waals surface area contributed by atoms with Gasteiger partial charge in [-0.15, -0.1) is 0 Å². The third kappa shape index (κ3) is 3.29. The molecule has 0 saturated carbocycles. The van der Waals surface area contributed by atoms with Gasteiger partial charge in [0.2, 0.25) is 5.91 Å². The lowest BCUT2D eigenvalue weighted by atomic mass is 10.1. The number of carbonyl (C=O) groups excluding carboxylic acids is 1. The first-order valence-corrected chi connectivity index (χ1v) is 6.55. The van der Waals surface area contributed by atoms with Gasteiger partial charge in [0.25, 0.3) is 0 Å². The van der Waals surface area contributed by atoms with Crippen LogP contribution in [-0.2, 0) is 11.3 Å². The Balaban J connectivity index is 1.92. The van der Waals surface area contributed by atoms with Crippen molar-refractivity contribution in [1.82, 2.24) is 9.80 Å². The molecule has 3 nitrogen and oxygen atoms in total. The number of amides is 1. The first-order chi connectivity index (χ1) is 9.11. The minimum atomic E-state index is -0.808. The van der Waals surface area contributed by atoms with Crippen molar-refractivity contribution in [3.8, 4) is 0 Å². The zero-order valence-electron chi connectivity index (χ0n) is 11.0. The number of halogens is 2. The van der Waals surface area contributed by atoms with Crippen LogP contribution in [0, 0.1) is 11.6 Å². The Kier molecular flexibility index (Phi) is 4.47. The minimum Gasteiger partial charge on any atom is -0.340 e. The van der Waals surface area contributed by atoms with Gasteiger partial charge in [0.1, 0.15) is 0 Å². The van der Waals surface area contributed by atoms with Crippen LogP contribution in [0.3, 0.4) is 0 Å². The number of hydrogen-bond acceptors (Lipinski definition) is 2. The van der Waals surface area contributed by atoms with E-state index in [0.717, 1.165) is 6.07 Å². The molecular weight excluding hydrogens is 250 g/mol. The molecule has 0 bridgehead atoms. The molecule has 1 aromatic rings. The van der Waals surface area contributed by atoms with Crippen molar-refractivity contribution >= 4 is 5.91 Å². The van der Waals surface area contributed by atoms with Gasteiger partial charge in [0.15, 0.2) is 11.6 Å². The molecule has 19 heavy (non-hydrogen) atoms. The molecule has 1 fully saturated rings. The first-order valence-electron chi connectivity index (χ1n) is 6.55. The van der Waals surface area contributed by atoms with Gasteiger partial charge in [-0.3, -0.25) is 9.69 Å². The Morgan fingerprint density at radius 3 is 2.53 bits per heavy atom. The van der Waals surface area contributed by atoms with Crippen molar-refractivity contribution in [2.24, 2.45) is 0 Å². The number of carbonyl (C=O) groups is 1. The number of nitrogens with zero attached hydrogens (tertiary/aromatic N) is 2. The average Bonchev–Trinajstić information content (AvgIpc) is 2.44. The van der Waals surface area contributed by atoms with E-state index in [4.69, 9.17) is 0 Å². The molecule has 0 aromatic heterocycles. The maximum atomic E-state index is 13.5. The highest BCUT2D eigenvalue weighted by Crippen LogP contribution is 2.15. The normalized spacial score (nSPS) is 16.7. The molecule has 0 aliphatic carbocycles. The molecule has 0 spiro atoms. The Labute approximate surface area is 111 Å². The molecule has 1 saturated heterocycles. The fraction of sp³-hybridized carbons (Fsp3) is 0.500. The van der Waals surface area contributed by atoms with Crippen molar-refractivity contribution < 1.29 is 13.6 Å². The van der Waals surface area contributed by atoms with E-state index in [9.17, 15) is 13.6 Å². The second kappa shape index (κ2) is 6.10. The number of benzene rings is 1. The highest BCUT2D eigenvalue weighted by Gasteiger charge is 2.21. The summed E-state index contributed by atoms with van der Waals surface area (Å²) in [5.74, 6) is -1.43. The van der Waals surface area contributed by atoms with Crippen molar-refractivity contribution in [2.45, 2.75) is 19.9 Å². The van der Waals surface area contributed by atoms with Crippen LogP contribution in [0.1, 0.15) is 18.9 Å². The third-order valence-electron chi connectivity index (χ3n) is 3.45. The third-order valence-corrected chi connectivity index (χ3v) is 3.45. The summed E-state index contributed by atoms with van der Waals surface area (Å²) in [5.41, 5.74) is 0.371. The van der Waals surface area contributed by atoms with E-state index in [1.165, 1.54) is 6.07 Å². The highest BCUT2D eigenvalue weighted by molar-refractivity contribution is 5.75. The topological polar surface area (TPSA) is 23.6 Å². The van der Waals surface area contributed by atoms with Gasteiger partial charge in [-0.25, -0.2) is 8.78 Å². The van der Waals surface area contributed by atoms with Crippen molar-refractivity contribution in [2.75, 3.05) is 26.2 Å². The van der Waals surface area contributed by atoms with Gasteiger partial charge in [-0.1, -0.05) is 19.1 Å². The van der Waals surface area contributed by atoms with Crippen LogP contribution in [0.4, 0.5) is 8.78 Å². The fourth-order valence-corrected chi connectivity index (χ4v) is 2.29. The lowest BCUT2D eigenvalue weighted by Crippen LogP contribution is -2.48. The van der Waals surface area contributed by atoms with E-state index in [0.29, 0.717) is 44.7 Å². The zero-order chi connectivity index (χ0) is 13.8. The second-order valence-electron chi connectivity index (χ2n) is 4.72. The van der Waals surface area contributed by atoms with Crippen LogP contribution >= 0.6 is 0 Å². The second-order valence-corrected chi connectivity index (χ2v) is 4.72. The Morgan fingerprint density at radius 1 is 1.21 bits per heavy atom. The van der Waals surface area contributed by atoms with E-state index in [-0.39, 0.29) is 5.91 Å². The summed E-state index contributed by atoms with van der Waals surface area (Å²) in [5, 5.41) is 0. The summed E-state index contributed by atoms with van der Waals surface area (Å²) < 4.78 is 26.7.